The van der Waals surface area contributed by atoms with Gasteiger partial charge in [0.2, 0.25) is 0 Å². The van der Waals surface area contributed by atoms with E-state index in [2.05, 4.69) is 20.4 Å². The number of nitrogens with one attached hydrogen (secondary N) is 1. The van der Waals surface area contributed by atoms with Crippen LogP contribution in [-0.4, -0.2) is 31.7 Å². The zero-order valence-electron chi connectivity index (χ0n) is 12.5. The SMILES string of the molecule is Cn1ncc2c(C(=O)NC3CC3)cc(-c3ccc(Cl)nc3)nc21. The van der Waals surface area contributed by atoms with Crippen molar-refractivity contribution in [3.05, 3.63) is 41.3 Å². The first-order valence-electron chi connectivity index (χ1n) is 7.37. The summed E-state index contributed by atoms with van der Waals surface area (Å²) in [5, 5.41) is 8.40. The van der Waals surface area contributed by atoms with Crippen molar-refractivity contribution in [2.75, 3.05) is 0 Å². The van der Waals surface area contributed by atoms with Gasteiger partial charge in [-0.2, -0.15) is 5.10 Å². The number of rotatable bonds is 3. The normalized spacial score (nSPS) is 14.2. The molecule has 0 spiro atoms. The molecule has 1 aliphatic rings. The summed E-state index contributed by atoms with van der Waals surface area (Å²) in [4.78, 5) is 21.2. The fraction of sp³-hybridized carbons (Fsp3) is 0.250. The molecule has 116 valence electrons. The van der Waals surface area contributed by atoms with Gasteiger partial charge in [0.25, 0.3) is 5.91 Å². The van der Waals surface area contributed by atoms with Crippen LogP contribution in [0.5, 0.6) is 0 Å². The van der Waals surface area contributed by atoms with Crippen LogP contribution >= 0.6 is 11.6 Å². The van der Waals surface area contributed by atoms with Crippen molar-refractivity contribution in [2.45, 2.75) is 18.9 Å². The minimum absolute atomic E-state index is 0.0870. The first-order chi connectivity index (χ1) is 11.1. The van der Waals surface area contributed by atoms with E-state index in [9.17, 15) is 4.79 Å². The van der Waals surface area contributed by atoms with Crippen LogP contribution in [-0.2, 0) is 7.05 Å². The molecule has 1 saturated carbocycles. The average Bonchev–Trinajstić information content (AvgIpc) is 3.29. The molecule has 3 heterocycles. The number of hydrogen-bond donors (Lipinski definition) is 1. The fourth-order valence-corrected chi connectivity index (χ4v) is 2.58. The predicted octanol–water partition coefficient (Wildman–Crippen LogP) is 2.58. The van der Waals surface area contributed by atoms with Crippen molar-refractivity contribution in [1.29, 1.82) is 0 Å². The van der Waals surface area contributed by atoms with E-state index in [1.165, 1.54) is 0 Å². The summed E-state index contributed by atoms with van der Waals surface area (Å²) in [6.07, 6.45) is 5.41. The fourth-order valence-electron chi connectivity index (χ4n) is 2.47. The van der Waals surface area contributed by atoms with Gasteiger partial charge in [0.15, 0.2) is 5.65 Å². The third kappa shape index (κ3) is 2.66. The molecule has 6 nitrogen and oxygen atoms in total. The monoisotopic (exact) mass is 327 g/mol. The van der Waals surface area contributed by atoms with Gasteiger partial charge in [-0.15, -0.1) is 0 Å². The highest BCUT2D eigenvalue weighted by atomic mass is 35.5. The van der Waals surface area contributed by atoms with E-state index in [-0.39, 0.29) is 5.91 Å². The van der Waals surface area contributed by atoms with E-state index in [0.29, 0.717) is 28.1 Å². The quantitative estimate of drug-likeness (QED) is 0.750. The lowest BCUT2D eigenvalue weighted by atomic mass is 10.1. The van der Waals surface area contributed by atoms with Crippen molar-refractivity contribution in [3.63, 3.8) is 0 Å². The Kier molecular flexibility index (Phi) is 3.27. The number of halogens is 1. The van der Waals surface area contributed by atoms with Crippen molar-refractivity contribution in [1.82, 2.24) is 25.1 Å². The van der Waals surface area contributed by atoms with E-state index in [1.807, 2.05) is 13.1 Å². The van der Waals surface area contributed by atoms with Crippen LogP contribution in [0.3, 0.4) is 0 Å². The van der Waals surface area contributed by atoms with Crippen LogP contribution < -0.4 is 5.32 Å². The molecule has 1 N–H and O–H groups in total. The lowest BCUT2D eigenvalue weighted by Crippen LogP contribution is -2.25. The van der Waals surface area contributed by atoms with Crippen LogP contribution in [0.1, 0.15) is 23.2 Å². The Balaban J connectivity index is 1.86. The number of aryl methyl sites for hydroxylation is 1. The Labute approximate surface area is 137 Å². The minimum atomic E-state index is -0.0870. The second-order valence-electron chi connectivity index (χ2n) is 5.68. The lowest BCUT2D eigenvalue weighted by molar-refractivity contribution is 0.0952. The van der Waals surface area contributed by atoms with Gasteiger partial charge in [0, 0.05) is 24.8 Å². The topological polar surface area (TPSA) is 72.7 Å². The maximum atomic E-state index is 12.5. The van der Waals surface area contributed by atoms with Gasteiger partial charge in [-0.3, -0.25) is 9.48 Å². The van der Waals surface area contributed by atoms with Crippen LogP contribution in [0.4, 0.5) is 0 Å². The van der Waals surface area contributed by atoms with Gasteiger partial charge in [-0.05, 0) is 31.0 Å². The summed E-state index contributed by atoms with van der Waals surface area (Å²) >= 11 is 5.84. The standard InChI is InChI=1S/C16H14ClN5O/c1-22-15-12(8-19-22)11(16(23)20-10-3-4-10)6-13(21-15)9-2-5-14(17)18-7-9/h2,5-8,10H,3-4H2,1H3,(H,20,23). The summed E-state index contributed by atoms with van der Waals surface area (Å²) in [7, 11) is 1.81. The summed E-state index contributed by atoms with van der Waals surface area (Å²) < 4.78 is 1.66. The maximum Gasteiger partial charge on any atom is 0.252 e. The molecule has 1 amide bonds. The number of hydrogen-bond acceptors (Lipinski definition) is 4. The van der Waals surface area contributed by atoms with Crippen molar-refractivity contribution < 1.29 is 4.79 Å². The van der Waals surface area contributed by atoms with Gasteiger partial charge in [0.05, 0.1) is 22.8 Å². The number of amides is 1. The largest absolute Gasteiger partial charge is 0.349 e. The first kappa shape index (κ1) is 14.1. The van der Waals surface area contributed by atoms with Crippen molar-refractivity contribution in [3.8, 4) is 11.3 Å². The molecule has 4 rings (SSSR count). The molecule has 0 aliphatic heterocycles. The molecular weight excluding hydrogens is 314 g/mol. The molecular formula is C16H14ClN5O. The highest BCUT2D eigenvalue weighted by molar-refractivity contribution is 6.29. The van der Waals surface area contributed by atoms with Crippen LogP contribution in [0.15, 0.2) is 30.6 Å². The van der Waals surface area contributed by atoms with Crippen molar-refractivity contribution >= 4 is 28.5 Å². The smallest absolute Gasteiger partial charge is 0.252 e. The number of pyridine rings is 2. The third-order valence-electron chi connectivity index (χ3n) is 3.89. The summed E-state index contributed by atoms with van der Waals surface area (Å²) in [6.45, 7) is 0. The molecule has 0 atom stereocenters. The Morgan fingerprint density at radius 2 is 2.17 bits per heavy atom. The predicted molar refractivity (Wildman–Crippen MR) is 87.2 cm³/mol. The van der Waals surface area contributed by atoms with E-state index in [1.54, 1.807) is 29.2 Å². The van der Waals surface area contributed by atoms with Gasteiger partial charge < -0.3 is 5.32 Å². The number of carbonyl (C=O) groups excluding carboxylic acids is 1. The van der Waals surface area contributed by atoms with E-state index in [4.69, 9.17) is 11.6 Å². The Hall–Kier alpha value is -2.47. The Bertz CT molecular complexity index is 899. The Morgan fingerprint density at radius 1 is 1.35 bits per heavy atom. The number of fused-ring (bicyclic) bond motifs is 1. The Morgan fingerprint density at radius 3 is 2.87 bits per heavy atom. The molecule has 23 heavy (non-hydrogen) atoms. The van der Waals surface area contributed by atoms with E-state index >= 15 is 0 Å². The highest BCUT2D eigenvalue weighted by Gasteiger charge is 2.25. The molecule has 1 aliphatic carbocycles. The zero-order valence-corrected chi connectivity index (χ0v) is 13.2. The van der Waals surface area contributed by atoms with Crippen LogP contribution in [0.2, 0.25) is 5.15 Å². The number of aromatic nitrogens is 4. The lowest BCUT2D eigenvalue weighted by Gasteiger charge is -2.08. The van der Waals surface area contributed by atoms with Crippen LogP contribution in [0, 0.1) is 0 Å². The van der Waals surface area contributed by atoms with Crippen LogP contribution in [0.25, 0.3) is 22.3 Å². The molecule has 0 radical (unpaired) electrons. The molecule has 3 aromatic rings. The molecule has 0 saturated heterocycles. The van der Waals surface area contributed by atoms with Gasteiger partial charge in [-0.25, -0.2) is 9.97 Å². The average molecular weight is 328 g/mol. The summed E-state index contributed by atoms with van der Waals surface area (Å²) in [5.41, 5.74) is 2.72. The molecule has 3 aromatic heterocycles. The minimum Gasteiger partial charge on any atom is -0.349 e. The van der Waals surface area contributed by atoms with E-state index < -0.39 is 0 Å². The van der Waals surface area contributed by atoms with E-state index in [0.717, 1.165) is 23.8 Å². The number of carbonyl (C=O) groups is 1. The molecule has 0 unspecified atom stereocenters. The number of nitrogens with zero attached hydrogens (tertiary/aromatic N) is 4. The van der Waals surface area contributed by atoms with Gasteiger partial charge in [-0.1, -0.05) is 11.6 Å². The molecule has 7 heteroatoms. The zero-order chi connectivity index (χ0) is 16.0. The first-order valence-corrected chi connectivity index (χ1v) is 7.75. The summed E-state index contributed by atoms with van der Waals surface area (Å²) in [6, 6.07) is 5.62. The highest BCUT2D eigenvalue weighted by Crippen LogP contribution is 2.26. The molecule has 1 fully saturated rings. The second-order valence-corrected chi connectivity index (χ2v) is 6.07. The second kappa shape index (κ2) is 5.31. The van der Waals surface area contributed by atoms with Gasteiger partial charge in [0.1, 0.15) is 5.15 Å². The van der Waals surface area contributed by atoms with Crippen molar-refractivity contribution in [2.24, 2.45) is 7.05 Å². The molecule has 0 aromatic carbocycles. The molecule has 0 bridgehead atoms. The summed E-state index contributed by atoms with van der Waals surface area (Å²) in [5.74, 6) is -0.0870. The maximum absolute atomic E-state index is 12.5. The van der Waals surface area contributed by atoms with Gasteiger partial charge >= 0.3 is 0 Å². The third-order valence-corrected chi connectivity index (χ3v) is 4.11.